The first-order valence-corrected chi connectivity index (χ1v) is 9.45. The monoisotopic (exact) mass is 409 g/mol. The van der Waals surface area contributed by atoms with Gasteiger partial charge in [-0.2, -0.15) is 13.2 Å². The second kappa shape index (κ2) is 7.16. The minimum atomic E-state index is -4.39. The molecule has 148 valence electrons. The summed E-state index contributed by atoms with van der Waals surface area (Å²) in [6.45, 7) is 5.13. The number of amides is 2. The quantitative estimate of drug-likeness (QED) is 0.602. The molecule has 0 aliphatic carbocycles. The van der Waals surface area contributed by atoms with Crippen molar-refractivity contribution in [3.63, 3.8) is 0 Å². The Kier molecular flexibility index (Phi) is 5.18. The molecule has 0 N–H and O–H groups in total. The summed E-state index contributed by atoms with van der Waals surface area (Å²) in [5.41, 5.74) is 0.245. The van der Waals surface area contributed by atoms with Crippen LogP contribution in [0.25, 0.3) is 11.1 Å². The molecule has 0 spiro atoms. The number of imide groups is 1. The number of halogens is 3. The van der Waals surface area contributed by atoms with Crippen LogP contribution in [-0.2, 0) is 15.7 Å². The summed E-state index contributed by atoms with van der Waals surface area (Å²) >= 11 is 1.27. The van der Waals surface area contributed by atoms with Crippen molar-refractivity contribution in [3.05, 3.63) is 48.0 Å². The maximum Gasteiger partial charge on any atom is 0.421 e. The van der Waals surface area contributed by atoms with E-state index < -0.39 is 23.4 Å². The van der Waals surface area contributed by atoms with Gasteiger partial charge >= 0.3 is 12.3 Å². The second-order valence-corrected chi connectivity index (χ2v) is 8.27. The molecule has 2 aromatic rings. The van der Waals surface area contributed by atoms with Gasteiger partial charge in [0, 0.05) is 4.90 Å². The first-order valence-electron chi connectivity index (χ1n) is 8.46. The lowest BCUT2D eigenvalue weighted by molar-refractivity contribution is -0.137. The van der Waals surface area contributed by atoms with Crippen molar-refractivity contribution < 1.29 is 27.5 Å². The van der Waals surface area contributed by atoms with Crippen LogP contribution < -0.4 is 4.90 Å². The smallest absolute Gasteiger partial charge is 0.421 e. The topological polar surface area (TPSA) is 46.6 Å². The molecule has 3 rings (SSSR count). The van der Waals surface area contributed by atoms with Crippen LogP contribution in [0.1, 0.15) is 26.3 Å². The number of thioether (sulfide) groups is 1. The molecule has 0 saturated heterocycles. The Labute approximate surface area is 164 Å². The second-order valence-electron chi connectivity index (χ2n) is 7.26. The predicted octanol–water partition coefficient (Wildman–Crippen LogP) is 5.75. The van der Waals surface area contributed by atoms with Crippen LogP contribution in [0.3, 0.4) is 0 Å². The Bertz CT molecular complexity index is 918. The van der Waals surface area contributed by atoms with Crippen LogP contribution in [0.15, 0.2) is 47.4 Å². The minimum Gasteiger partial charge on any atom is -0.443 e. The van der Waals surface area contributed by atoms with Gasteiger partial charge in [-0.3, -0.25) is 4.79 Å². The molecule has 1 aliphatic rings. The van der Waals surface area contributed by atoms with E-state index in [1.807, 2.05) is 0 Å². The maximum absolute atomic E-state index is 12.7. The Hall–Kier alpha value is -2.48. The number of anilines is 1. The number of benzene rings is 2. The normalized spacial score (nSPS) is 14.6. The average Bonchev–Trinajstić information content (AvgIpc) is 2.59. The number of fused-ring (bicyclic) bond motifs is 1. The van der Waals surface area contributed by atoms with Gasteiger partial charge in [0.25, 0.3) is 0 Å². The van der Waals surface area contributed by atoms with Crippen LogP contribution in [0, 0.1) is 0 Å². The standard InChI is InChI=1S/C20H18F3NO3S/c1-19(2,3)27-18(26)24-15-9-6-13(10-16(15)28-11-17(24)25)12-4-7-14(8-5-12)20(21,22)23/h4-10H,11H2,1-3H3. The largest absolute Gasteiger partial charge is 0.443 e. The Morgan fingerprint density at radius 3 is 2.21 bits per heavy atom. The van der Waals surface area contributed by atoms with E-state index >= 15 is 0 Å². The average molecular weight is 409 g/mol. The van der Waals surface area contributed by atoms with Gasteiger partial charge in [-0.1, -0.05) is 18.2 Å². The van der Waals surface area contributed by atoms with E-state index in [9.17, 15) is 22.8 Å². The van der Waals surface area contributed by atoms with E-state index in [0.717, 1.165) is 17.0 Å². The summed E-state index contributed by atoms with van der Waals surface area (Å²) in [5.74, 6) is -0.308. The molecule has 8 heteroatoms. The lowest BCUT2D eigenvalue weighted by Gasteiger charge is -2.30. The summed E-state index contributed by atoms with van der Waals surface area (Å²) in [4.78, 5) is 26.4. The van der Waals surface area contributed by atoms with E-state index in [4.69, 9.17) is 4.74 Å². The Morgan fingerprint density at radius 1 is 1.04 bits per heavy atom. The van der Waals surface area contributed by atoms with Crippen molar-refractivity contribution in [2.24, 2.45) is 0 Å². The molecule has 0 saturated carbocycles. The van der Waals surface area contributed by atoms with Gasteiger partial charge in [0.15, 0.2) is 0 Å². The van der Waals surface area contributed by atoms with Crippen molar-refractivity contribution in [2.75, 3.05) is 10.7 Å². The zero-order valence-corrected chi connectivity index (χ0v) is 16.3. The fraction of sp³-hybridized carbons (Fsp3) is 0.300. The van der Waals surface area contributed by atoms with Gasteiger partial charge in [-0.05, 0) is 56.2 Å². The molecule has 4 nitrogen and oxygen atoms in total. The Balaban J connectivity index is 1.92. The first kappa shape index (κ1) is 20.3. The van der Waals surface area contributed by atoms with Gasteiger partial charge in [0.2, 0.25) is 5.91 Å². The summed E-state index contributed by atoms with van der Waals surface area (Å²) in [5, 5.41) is 0. The van der Waals surface area contributed by atoms with Crippen molar-refractivity contribution in [1.82, 2.24) is 0 Å². The van der Waals surface area contributed by atoms with E-state index in [-0.39, 0.29) is 11.7 Å². The van der Waals surface area contributed by atoms with Crippen LogP contribution >= 0.6 is 11.8 Å². The molecule has 2 aromatic carbocycles. The lowest BCUT2D eigenvalue weighted by atomic mass is 10.0. The van der Waals surface area contributed by atoms with Crippen molar-refractivity contribution >= 4 is 29.4 Å². The maximum atomic E-state index is 12.7. The fourth-order valence-corrected chi connectivity index (χ4v) is 3.62. The van der Waals surface area contributed by atoms with Gasteiger partial charge < -0.3 is 4.74 Å². The molecule has 0 fully saturated rings. The molecule has 1 heterocycles. The van der Waals surface area contributed by atoms with Gasteiger partial charge in [0.05, 0.1) is 17.0 Å². The SMILES string of the molecule is CC(C)(C)OC(=O)N1C(=O)CSc2cc(-c3ccc(C(F)(F)F)cc3)ccc21. The van der Waals surface area contributed by atoms with Crippen LogP contribution in [0.4, 0.5) is 23.7 Å². The predicted molar refractivity (Wildman–Crippen MR) is 101 cm³/mol. The number of hydrogen-bond donors (Lipinski definition) is 0. The molecule has 0 bridgehead atoms. The number of nitrogens with zero attached hydrogens (tertiary/aromatic N) is 1. The lowest BCUT2D eigenvalue weighted by Crippen LogP contribution is -2.43. The number of alkyl halides is 3. The fourth-order valence-electron chi connectivity index (χ4n) is 2.69. The van der Waals surface area contributed by atoms with E-state index in [0.29, 0.717) is 21.7 Å². The Morgan fingerprint density at radius 2 is 1.64 bits per heavy atom. The number of carbonyl (C=O) groups is 2. The van der Waals surface area contributed by atoms with Crippen LogP contribution in [-0.4, -0.2) is 23.4 Å². The molecule has 0 radical (unpaired) electrons. The number of rotatable bonds is 1. The number of carbonyl (C=O) groups excluding carboxylic acids is 2. The molecule has 28 heavy (non-hydrogen) atoms. The van der Waals surface area contributed by atoms with Crippen molar-refractivity contribution in [2.45, 2.75) is 37.4 Å². The van der Waals surface area contributed by atoms with Crippen molar-refractivity contribution in [3.8, 4) is 11.1 Å². The number of ether oxygens (including phenoxy) is 1. The van der Waals surface area contributed by atoms with E-state index in [1.165, 1.54) is 23.9 Å². The number of hydrogen-bond acceptors (Lipinski definition) is 4. The van der Waals surface area contributed by atoms with Crippen molar-refractivity contribution in [1.29, 1.82) is 0 Å². The highest BCUT2D eigenvalue weighted by Crippen LogP contribution is 2.39. The van der Waals surface area contributed by atoms with E-state index in [1.54, 1.807) is 39.0 Å². The van der Waals surface area contributed by atoms with Gasteiger partial charge in [0.1, 0.15) is 5.60 Å². The third kappa shape index (κ3) is 4.32. The zero-order valence-electron chi connectivity index (χ0n) is 15.5. The molecule has 0 atom stereocenters. The zero-order chi connectivity index (χ0) is 20.7. The molecule has 0 unspecified atom stereocenters. The highest BCUT2D eigenvalue weighted by Gasteiger charge is 2.34. The molecule has 0 aromatic heterocycles. The summed E-state index contributed by atoms with van der Waals surface area (Å²) in [6.07, 6.45) is -5.14. The van der Waals surface area contributed by atoms with Crippen LogP contribution in [0.2, 0.25) is 0 Å². The third-order valence-electron chi connectivity index (χ3n) is 3.92. The van der Waals surface area contributed by atoms with Crippen LogP contribution in [0.5, 0.6) is 0 Å². The third-order valence-corrected chi connectivity index (χ3v) is 4.95. The first-order chi connectivity index (χ1) is 13.0. The summed E-state index contributed by atoms with van der Waals surface area (Å²) < 4.78 is 43.5. The summed E-state index contributed by atoms with van der Waals surface area (Å²) in [7, 11) is 0. The molecule has 2 amide bonds. The minimum absolute atomic E-state index is 0.0721. The van der Waals surface area contributed by atoms with Gasteiger partial charge in [-0.25, -0.2) is 9.69 Å². The highest BCUT2D eigenvalue weighted by molar-refractivity contribution is 8.00. The van der Waals surface area contributed by atoms with Gasteiger partial charge in [-0.15, -0.1) is 11.8 Å². The highest BCUT2D eigenvalue weighted by atomic mass is 32.2. The molecular formula is C20H18F3NO3S. The molecular weight excluding hydrogens is 391 g/mol. The molecule has 1 aliphatic heterocycles. The summed E-state index contributed by atoms with van der Waals surface area (Å²) in [6, 6.07) is 9.88. The van der Waals surface area contributed by atoms with E-state index in [2.05, 4.69) is 0 Å².